The molecule has 4 amide bonds. The average molecular weight is 393 g/mol. The van der Waals surface area contributed by atoms with Crippen molar-refractivity contribution in [1.29, 1.82) is 0 Å². The van der Waals surface area contributed by atoms with Crippen LogP contribution >= 0.6 is 0 Å². The number of nitrogens with zero attached hydrogens (tertiary/aromatic N) is 1. The van der Waals surface area contributed by atoms with Gasteiger partial charge in [-0.05, 0) is 50.2 Å². The van der Waals surface area contributed by atoms with Gasteiger partial charge in [0.25, 0.3) is 5.91 Å². The molecule has 8 nitrogen and oxygen atoms in total. The number of hydrogen-bond donors (Lipinski definition) is 3. The van der Waals surface area contributed by atoms with Crippen LogP contribution in [0.25, 0.3) is 0 Å². The zero-order valence-corrected chi connectivity index (χ0v) is 15.8. The second kappa shape index (κ2) is 7.97. The number of benzene rings is 2. The minimum Gasteiger partial charge on any atom is -0.478 e. The highest BCUT2D eigenvalue weighted by atomic mass is 16.4. The summed E-state index contributed by atoms with van der Waals surface area (Å²) in [5.41, 5.74) is 2.21. The van der Waals surface area contributed by atoms with E-state index in [1.807, 2.05) is 6.92 Å². The van der Waals surface area contributed by atoms with Crippen LogP contribution in [0.2, 0.25) is 0 Å². The maximum Gasteiger partial charge on any atom is 0.335 e. The SMILES string of the molecule is C/C=C(\Nc1ccc(C(=O)O)cc1)[C@H]1C(=O)NC(=O)N(c2ccc(C)cc2)C1=O. The standard InChI is InChI=1S/C21H19N3O5/c1-3-16(22-14-8-6-13(7-9-14)20(27)28)17-18(25)23-21(29)24(19(17)26)15-10-4-12(2)5-11-15/h3-11,17,22H,1-2H3,(H,27,28)(H,23,25,29)/b16-3-/t17-/m0/s1. The number of urea groups is 1. The fraction of sp³-hybridized carbons (Fsp3) is 0.143. The van der Waals surface area contributed by atoms with Crippen molar-refractivity contribution < 1.29 is 24.3 Å². The quantitative estimate of drug-likeness (QED) is 0.673. The molecule has 1 heterocycles. The molecule has 2 aromatic carbocycles. The number of aryl methyl sites for hydroxylation is 1. The first kappa shape index (κ1) is 19.8. The van der Waals surface area contributed by atoms with Gasteiger partial charge >= 0.3 is 12.0 Å². The van der Waals surface area contributed by atoms with Gasteiger partial charge < -0.3 is 10.4 Å². The summed E-state index contributed by atoms with van der Waals surface area (Å²) >= 11 is 0. The van der Waals surface area contributed by atoms with Gasteiger partial charge in [-0.1, -0.05) is 23.8 Å². The second-order valence-corrected chi connectivity index (χ2v) is 6.49. The summed E-state index contributed by atoms with van der Waals surface area (Å²) < 4.78 is 0. The van der Waals surface area contributed by atoms with Crippen molar-refractivity contribution in [2.75, 3.05) is 10.2 Å². The molecular weight excluding hydrogens is 374 g/mol. The van der Waals surface area contributed by atoms with Crippen molar-refractivity contribution in [3.8, 4) is 0 Å². The number of anilines is 2. The van der Waals surface area contributed by atoms with Crippen LogP contribution in [0.3, 0.4) is 0 Å². The molecule has 8 heteroatoms. The first-order valence-electron chi connectivity index (χ1n) is 8.84. The van der Waals surface area contributed by atoms with E-state index in [2.05, 4.69) is 10.6 Å². The van der Waals surface area contributed by atoms with Crippen LogP contribution in [0.5, 0.6) is 0 Å². The first-order chi connectivity index (χ1) is 13.8. The number of carbonyl (C=O) groups is 4. The predicted molar refractivity (Wildman–Crippen MR) is 106 cm³/mol. The van der Waals surface area contributed by atoms with Gasteiger partial charge in [-0.2, -0.15) is 0 Å². The summed E-state index contributed by atoms with van der Waals surface area (Å²) in [5, 5.41) is 14.2. The van der Waals surface area contributed by atoms with Crippen LogP contribution < -0.4 is 15.5 Å². The van der Waals surface area contributed by atoms with Gasteiger partial charge in [0, 0.05) is 11.4 Å². The third-order valence-electron chi connectivity index (χ3n) is 4.50. The summed E-state index contributed by atoms with van der Waals surface area (Å²) in [6, 6.07) is 11.9. The molecule has 148 valence electrons. The number of amides is 4. The van der Waals surface area contributed by atoms with Gasteiger partial charge in [-0.25, -0.2) is 14.5 Å². The van der Waals surface area contributed by atoms with E-state index in [-0.39, 0.29) is 11.3 Å². The molecule has 1 saturated heterocycles. The molecule has 0 aromatic heterocycles. The smallest absolute Gasteiger partial charge is 0.335 e. The number of carbonyl (C=O) groups excluding carboxylic acids is 3. The fourth-order valence-electron chi connectivity index (χ4n) is 2.96. The Hall–Kier alpha value is -3.94. The van der Waals surface area contributed by atoms with Crippen LogP contribution in [0.4, 0.5) is 16.2 Å². The lowest BCUT2D eigenvalue weighted by Gasteiger charge is -2.31. The minimum absolute atomic E-state index is 0.111. The molecule has 2 aromatic rings. The minimum atomic E-state index is -1.25. The number of barbiturate groups is 1. The molecule has 0 saturated carbocycles. The molecule has 0 radical (unpaired) electrons. The van der Waals surface area contributed by atoms with Crippen molar-refractivity contribution >= 4 is 35.2 Å². The highest BCUT2D eigenvalue weighted by Crippen LogP contribution is 2.26. The number of imide groups is 2. The number of hydrogen-bond acceptors (Lipinski definition) is 5. The number of carboxylic acids is 1. The van der Waals surface area contributed by atoms with E-state index in [0.717, 1.165) is 10.5 Å². The summed E-state index contributed by atoms with van der Waals surface area (Å²) in [5.74, 6) is -3.72. The first-order valence-corrected chi connectivity index (χ1v) is 8.84. The van der Waals surface area contributed by atoms with Crippen molar-refractivity contribution in [2.45, 2.75) is 13.8 Å². The normalized spacial score (nSPS) is 17.2. The summed E-state index contributed by atoms with van der Waals surface area (Å²) in [6.45, 7) is 3.53. The summed E-state index contributed by atoms with van der Waals surface area (Å²) in [4.78, 5) is 49.7. The summed E-state index contributed by atoms with van der Waals surface area (Å²) in [6.07, 6.45) is 1.57. The Morgan fingerprint density at radius 1 is 1.07 bits per heavy atom. The predicted octanol–water partition coefficient (Wildman–Crippen LogP) is 2.91. The average Bonchev–Trinajstić information content (AvgIpc) is 2.68. The maximum absolute atomic E-state index is 13.1. The zero-order chi connectivity index (χ0) is 21.1. The molecule has 0 unspecified atom stereocenters. The Bertz CT molecular complexity index is 1010. The fourth-order valence-corrected chi connectivity index (χ4v) is 2.96. The van der Waals surface area contributed by atoms with Crippen molar-refractivity contribution in [1.82, 2.24) is 5.32 Å². The molecule has 1 atom stereocenters. The van der Waals surface area contributed by atoms with Gasteiger partial charge in [-0.3, -0.25) is 14.9 Å². The van der Waals surface area contributed by atoms with E-state index < -0.39 is 29.7 Å². The molecule has 0 spiro atoms. The zero-order valence-electron chi connectivity index (χ0n) is 15.8. The van der Waals surface area contributed by atoms with Gasteiger partial charge in [0.1, 0.15) is 0 Å². The Labute approximate surface area is 166 Å². The largest absolute Gasteiger partial charge is 0.478 e. The number of nitrogens with one attached hydrogen (secondary N) is 2. The van der Waals surface area contributed by atoms with Crippen LogP contribution in [-0.2, 0) is 9.59 Å². The second-order valence-electron chi connectivity index (χ2n) is 6.49. The van der Waals surface area contributed by atoms with Crippen molar-refractivity contribution in [3.05, 3.63) is 71.4 Å². The van der Waals surface area contributed by atoms with E-state index >= 15 is 0 Å². The van der Waals surface area contributed by atoms with E-state index in [9.17, 15) is 19.2 Å². The highest BCUT2D eigenvalue weighted by molar-refractivity contribution is 6.29. The third-order valence-corrected chi connectivity index (χ3v) is 4.50. The summed E-state index contributed by atoms with van der Waals surface area (Å²) in [7, 11) is 0. The highest BCUT2D eigenvalue weighted by Gasteiger charge is 2.43. The van der Waals surface area contributed by atoms with Crippen molar-refractivity contribution in [2.24, 2.45) is 5.92 Å². The Morgan fingerprint density at radius 3 is 2.24 bits per heavy atom. The lowest BCUT2D eigenvalue weighted by atomic mass is 9.99. The van der Waals surface area contributed by atoms with Crippen LogP contribution in [0, 0.1) is 12.8 Å². The van der Waals surface area contributed by atoms with E-state index in [1.165, 1.54) is 24.3 Å². The Morgan fingerprint density at radius 2 is 1.69 bits per heavy atom. The van der Waals surface area contributed by atoms with Crippen LogP contribution in [0.15, 0.2) is 60.3 Å². The number of rotatable bonds is 5. The molecule has 1 aliphatic heterocycles. The van der Waals surface area contributed by atoms with E-state index in [4.69, 9.17) is 5.11 Å². The molecule has 29 heavy (non-hydrogen) atoms. The number of allylic oxidation sites excluding steroid dienone is 1. The van der Waals surface area contributed by atoms with E-state index in [1.54, 1.807) is 37.3 Å². The lowest BCUT2D eigenvalue weighted by Crippen LogP contribution is -2.59. The molecular formula is C21H19N3O5. The number of aromatic carboxylic acids is 1. The maximum atomic E-state index is 13.1. The van der Waals surface area contributed by atoms with Gasteiger partial charge in [0.15, 0.2) is 5.92 Å². The molecule has 1 aliphatic rings. The molecule has 0 aliphatic carbocycles. The molecule has 3 N–H and O–H groups in total. The monoisotopic (exact) mass is 393 g/mol. The van der Waals surface area contributed by atoms with E-state index in [0.29, 0.717) is 11.4 Å². The van der Waals surface area contributed by atoms with Crippen LogP contribution in [-0.4, -0.2) is 28.9 Å². The molecule has 0 bridgehead atoms. The van der Waals surface area contributed by atoms with Gasteiger partial charge in [0.2, 0.25) is 5.91 Å². The Balaban J connectivity index is 1.88. The topological polar surface area (TPSA) is 116 Å². The Kier molecular flexibility index (Phi) is 5.45. The number of carboxylic acid groups (broad SMARTS) is 1. The van der Waals surface area contributed by atoms with Crippen molar-refractivity contribution in [3.63, 3.8) is 0 Å². The van der Waals surface area contributed by atoms with Crippen LogP contribution in [0.1, 0.15) is 22.8 Å². The third kappa shape index (κ3) is 4.01. The molecule has 1 fully saturated rings. The lowest BCUT2D eigenvalue weighted by molar-refractivity contribution is -0.132. The molecule has 3 rings (SSSR count). The van der Waals surface area contributed by atoms with Gasteiger partial charge in [-0.15, -0.1) is 0 Å². The van der Waals surface area contributed by atoms with Gasteiger partial charge in [0.05, 0.1) is 11.3 Å².